The number of amides is 2. The van der Waals surface area contributed by atoms with E-state index in [1.165, 1.54) is 0 Å². The number of hydrogen-bond acceptors (Lipinski definition) is 4. The molecule has 0 spiro atoms. The Balaban J connectivity index is 0.00000198. The number of nitrogens with one attached hydrogen (secondary N) is 1. The van der Waals surface area contributed by atoms with Gasteiger partial charge in [0.1, 0.15) is 11.4 Å². The van der Waals surface area contributed by atoms with Crippen molar-refractivity contribution < 1.29 is 19.4 Å². The van der Waals surface area contributed by atoms with Gasteiger partial charge in [0.05, 0.1) is 17.9 Å². The summed E-state index contributed by atoms with van der Waals surface area (Å²) in [7, 11) is 2.75. The summed E-state index contributed by atoms with van der Waals surface area (Å²) in [5.74, 6) is -0.355. The standard InChI is InChI=1S/C20H27N3O3.C2H6.CH4O/c1-5-7-14-12-23(4)18(19(21)24)17(14)22-20(25)15-11-13(3)8-9-16(15)26-10-6-2;2*1-2/h8-9,11-12H,5-7,10H2,1-4H3,(H2,21,24)(H,22,25);1-2H3;2H,1H3. The van der Waals surface area contributed by atoms with Crippen molar-refractivity contribution >= 4 is 17.5 Å². The van der Waals surface area contributed by atoms with E-state index in [1.54, 1.807) is 23.7 Å². The first kappa shape index (κ1) is 27.2. The second-order valence-corrected chi connectivity index (χ2v) is 6.41. The Morgan fingerprint density at radius 3 is 2.33 bits per heavy atom. The number of carbonyl (C=O) groups is 2. The zero-order valence-corrected chi connectivity index (χ0v) is 19.3. The molecular weight excluding hydrogens is 382 g/mol. The van der Waals surface area contributed by atoms with Crippen molar-refractivity contribution in [3.63, 3.8) is 0 Å². The molecule has 1 aromatic carbocycles. The number of aromatic nitrogens is 1. The first-order chi connectivity index (χ1) is 14.4. The van der Waals surface area contributed by atoms with Gasteiger partial charge in [-0.3, -0.25) is 9.59 Å². The fourth-order valence-corrected chi connectivity index (χ4v) is 2.93. The summed E-state index contributed by atoms with van der Waals surface area (Å²) in [5.41, 5.74) is 8.59. The lowest BCUT2D eigenvalue weighted by molar-refractivity contribution is 0.0993. The van der Waals surface area contributed by atoms with E-state index in [2.05, 4.69) is 5.32 Å². The largest absolute Gasteiger partial charge is 0.493 e. The minimum atomic E-state index is -0.572. The molecule has 2 rings (SSSR count). The van der Waals surface area contributed by atoms with Gasteiger partial charge >= 0.3 is 0 Å². The Morgan fingerprint density at radius 1 is 1.17 bits per heavy atom. The van der Waals surface area contributed by atoms with E-state index in [0.29, 0.717) is 29.3 Å². The summed E-state index contributed by atoms with van der Waals surface area (Å²) in [4.78, 5) is 24.8. The van der Waals surface area contributed by atoms with Gasteiger partial charge in [-0.2, -0.15) is 0 Å². The number of aryl methyl sites for hydroxylation is 3. The lowest BCUT2D eigenvalue weighted by Crippen LogP contribution is -2.21. The molecule has 0 aliphatic carbocycles. The normalized spacial score (nSPS) is 9.60. The van der Waals surface area contributed by atoms with E-state index >= 15 is 0 Å². The molecule has 1 aromatic heterocycles. The number of aliphatic hydroxyl groups is 1. The number of nitrogens with zero attached hydrogens (tertiary/aromatic N) is 1. The maximum atomic E-state index is 12.9. The fourth-order valence-electron chi connectivity index (χ4n) is 2.93. The molecule has 0 saturated carbocycles. The zero-order chi connectivity index (χ0) is 23.3. The second-order valence-electron chi connectivity index (χ2n) is 6.41. The van der Waals surface area contributed by atoms with Crippen molar-refractivity contribution in [2.75, 3.05) is 19.0 Å². The number of carbonyl (C=O) groups excluding carboxylic acids is 2. The van der Waals surface area contributed by atoms with Gasteiger partial charge in [-0.15, -0.1) is 0 Å². The molecule has 0 aliphatic rings. The molecule has 7 heteroatoms. The number of primary amides is 1. The molecule has 0 fully saturated rings. The van der Waals surface area contributed by atoms with E-state index in [1.807, 2.05) is 46.9 Å². The van der Waals surface area contributed by atoms with Gasteiger partial charge < -0.3 is 25.5 Å². The maximum absolute atomic E-state index is 12.9. The lowest BCUT2D eigenvalue weighted by atomic mass is 10.1. The van der Waals surface area contributed by atoms with Crippen LogP contribution in [-0.4, -0.2) is 35.2 Å². The van der Waals surface area contributed by atoms with Gasteiger partial charge in [0.15, 0.2) is 0 Å². The highest BCUT2D eigenvalue weighted by Gasteiger charge is 2.22. The van der Waals surface area contributed by atoms with Crippen LogP contribution in [-0.2, 0) is 13.5 Å². The van der Waals surface area contributed by atoms with Crippen molar-refractivity contribution in [3.05, 3.63) is 46.8 Å². The molecule has 1 heterocycles. The molecule has 0 radical (unpaired) electrons. The Labute approximate surface area is 180 Å². The predicted octanol–water partition coefficient (Wildman–Crippen LogP) is 4.06. The molecular formula is C23H37N3O4. The van der Waals surface area contributed by atoms with Gasteiger partial charge in [-0.05, 0) is 37.5 Å². The van der Waals surface area contributed by atoms with E-state index in [0.717, 1.165) is 37.5 Å². The first-order valence-electron chi connectivity index (χ1n) is 10.4. The average Bonchev–Trinajstić information content (AvgIpc) is 3.05. The fraction of sp³-hybridized carbons (Fsp3) is 0.478. The van der Waals surface area contributed by atoms with Crippen LogP contribution in [0.1, 0.15) is 72.5 Å². The van der Waals surface area contributed by atoms with Crippen LogP contribution in [0, 0.1) is 6.92 Å². The van der Waals surface area contributed by atoms with Crippen LogP contribution in [0.15, 0.2) is 24.4 Å². The van der Waals surface area contributed by atoms with E-state index in [4.69, 9.17) is 15.6 Å². The number of rotatable bonds is 8. The minimum Gasteiger partial charge on any atom is -0.493 e. The highest BCUT2D eigenvalue weighted by molar-refractivity contribution is 6.10. The third-order valence-electron chi connectivity index (χ3n) is 4.09. The third kappa shape index (κ3) is 7.22. The molecule has 0 atom stereocenters. The molecule has 7 nitrogen and oxygen atoms in total. The highest BCUT2D eigenvalue weighted by atomic mass is 16.5. The number of aliphatic hydroxyl groups excluding tert-OH is 1. The molecule has 2 aromatic rings. The number of hydrogen-bond donors (Lipinski definition) is 3. The number of anilines is 1. The number of ether oxygens (including phenoxy) is 1. The summed E-state index contributed by atoms with van der Waals surface area (Å²) >= 11 is 0. The molecule has 4 N–H and O–H groups in total. The summed E-state index contributed by atoms with van der Waals surface area (Å²) in [6.07, 6.45) is 4.31. The van der Waals surface area contributed by atoms with Crippen molar-refractivity contribution in [3.8, 4) is 5.75 Å². The molecule has 0 aliphatic heterocycles. The SMILES string of the molecule is CC.CCCOc1ccc(C)cc1C(=O)Nc1c(CCC)cn(C)c1C(N)=O.CO. The lowest BCUT2D eigenvalue weighted by Gasteiger charge is -2.13. The van der Waals surface area contributed by atoms with Crippen molar-refractivity contribution in [2.24, 2.45) is 12.8 Å². The van der Waals surface area contributed by atoms with Crippen LogP contribution >= 0.6 is 0 Å². The van der Waals surface area contributed by atoms with Gasteiger partial charge in [0.25, 0.3) is 11.8 Å². The summed E-state index contributed by atoms with van der Waals surface area (Å²) < 4.78 is 7.36. The van der Waals surface area contributed by atoms with Gasteiger partial charge in [0.2, 0.25) is 0 Å². The van der Waals surface area contributed by atoms with Gasteiger partial charge in [-0.25, -0.2) is 0 Å². The molecule has 0 unspecified atom stereocenters. The molecule has 0 bridgehead atoms. The Kier molecular flexibility index (Phi) is 12.9. The van der Waals surface area contributed by atoms with Gasteiger partial charge in [-0.1, -0.05) is 45.7 Å². The third-order valence-corrected chi connectivity index (χ3v) is 4.09. The monoisotopic (exact) mass is 419 g/mol. The Hall–Kier alpha value is -2.80. The van der Waals surface area contributed by atoms with E-state index in [9.17, 15) is 9.59 Å². The number of nitrogens with two attached hydrogens (primary N) is 1. The number of benzene rings is 1. The molecule has 2 amide bonds. The smallest absolute Gasteiger partial charge is 0.267 e. The van der Waals surface area contributed by atoms with Crippen LogP contribution in [0.4, 0.5) is 5.69 Å². The second kappa shape index (κ2) is 14.2. The van der Waals surface area contributed by atoms with Crippen LogP contribution < -0.4 is 15.8 Å². The summed E-state index contributed by atoms with van der Waals surface area (Å²) in [6.45, 7) is 10.5. The first-order valence-corrected chi connectivity index (χ1v) is 10.4. The predicted molar refractivity (Wildman–Crippen MR) is 122 cm³/mol. The van der Waals surface area contributed by atoms with E-state index in [-0.39, 0.29) is 5.91 Å². The highest BCUT2D eigenvalue weighted by Crippen LogP contribution is 2.27. The van der Waals surface area contributed by atoms with Crippen molar-refractivity contribution in [1.29, 1.82) is 0 Å². The van der Waals surface area contributed by atoms with Crippen LogP contribution in [0.3, 0.4) is 0 Å². The topological polar surface area (TPSA) is 107 Å². The van der Waals surface area contributed by atoms with Crippen molar-refractivity contribution in [1.82, 2.24) is 4.57 Å². The summed E-state index contributed by atoms with van der Waals surface area (Å²) in [5, 5.41) is 9.89. The van der Waals surface area contributed by atoms with E-state index < -0.39 is 5.91 Å². The van der Waals surface area contributed by atoms with Crippen LogP contribution in [0.5, 0.6) is 5.75 Å². The van der Waals surface area contributed by atoms with Crippen LogP contribution in [0.25, 0.3) is 0 Å². The summed E-state index contributed by atoms with van der Waals surface area (Å²) in [6, 6.07) is 5.49. The van der Waals surface area contributed by atoms with Crippen molar-refractivity contribution in [2.45, 2.75) is 53.9 Å². The minimum absolute atomic E-state index is 0.297. The van der Waals surface area contributed by atoms with Gasteiger partial charge in [0, 0.05) is 20.4 Å². The molecule has 0 saturated heterocycles. The zero-order valence-electron chi connectivity index (χ0n) is 19.3. The Bertz CT molecular complexity index is 813. The molecule has 30 heavy (non-hydrogen) atoms. The van der Waals surface area contributed by atoms with Crippen LogP contribution in [0.2, 0.25) is 0 Å². The average molecular weight is 420 g/mol. The molecule has 168 valence electrons. The Morgan fingerprint density at radius 2 is 1.80 bits per heavy atom. The quantitative estimate of drug-likeness (QED) is 0.600. The maximum Gasteiger partial charge on any atom is 0.267 e.